The number of carbonyl (C=O) groups excluding carboxylic acids is 1. The molecule has 0 unspecified atom stereocenters. The molecule has 8 heteroatoms. The van der Waals surface area contributed by atoms with Crippen LogP contribution in [0, 0.1) is 12.8 Å². The van der Waals surface area contributed by atoms with Crippen molar-refractivity contribution >= 4 is 40.4 Å². The number of aryl methyl sites for hydroxylation is 1. The molecule has 32 heavy (non-hydrogen) atoms. The quantitative estimate of drug-likeness (QED) is 0.588. The Morgan fingerprint density at radius 2 is 1.72 bits per heavy atom. The van der Waals surface area contributed by atoms with Gasteiger partial charge in [0.2, 0.25) is 10.0 Å². The van der Waals surface area contributed by atoms with Crippen molar-refractivity contribution in [1.82, 2.24) is 9.53 Å². The number of fused-ring (bicyclic) bond motifs is 1. The summed E-state index contributed by atoms with van der Waals surface area (Å²) in [7, 11) is 2.10. The minimum Gasteiger partial charge on any atom is -0.353 e. The van der Waals surface area contributed by atoms with Gasteiger partial charge in [0.15, 0.2) is 7.98 Å². The van der Waals surface area contributed by atoms with Crippen molar-refractivity contribution in [3.8, 4) is 0 Å². The first kappa shape index (κ1) is 22.5. The number of piperidine rings is 1. The summed E-state index contributed by atoms with van der Waals surface area (Å²) >= 11 is 0. The Kier molecular flexibility index (Phi) is 6.37. The summed E-state index contributed by atoms with van der Waals surface area (Å²) in [5.74, 6) is -0.133. The van der Waals surface area contributed by atoms with Crippen LogP contribution in [0.5, 0.6) is 0 Å². The predicted octanol–water partition coefficient (Wildman–Crippen LogP) is 3.47. The lowest BCUT2D eigenvalue weighted by atomic mass is 9.93. The number of hydrogen-bond acceptors (Lipinski definition) is 4. The third-order valence-electron chi connectivity index (χ3n) is 6.05. The highest BCUT2D eigenvalue weighted by Crippen LogP contribution is 2.31. The number of hydrogen-bond donors (Lipinski definition) is 2. The first-order valence-corrected chi connectivity index (χ1v) is 12.2. The summed E-state index contributed by atoms with van der Waals surface area (Å²) in [6.07, 6.45) is 0.652. The Hall–Kier alpha value is -2.68. The highest BCUT2D eigenvalue weighted by Gasteiger charge is 2.29. The Morgan fingerprint density at radius 1 is 1.03 bits per heavy atom. The van der Waals surface area contributed by atoms with E-state index in [4.69, 9.17) is 7.98 Å². The van der Waals surface area contributed by atoms with Gasteiger partial charge in [-0.1, -0.05) is 49.4 Å². The van der Waals surface area contributed by atoms with Gasteiger partial charge in [0.05, 0.1) is 4.90 Å². The summed E-state index contributed by atoms with van der Waals surface area (Å²) in [5.41, 5.74) is 2.02. The Bertz CT molecular complexity index is 1260. The molecule has 1 heterocycles. The van der Waals surface area contributed by atoms with E-state index in [1.165, 1.54) is 0 Å². The largest absolute Gasteiger partial charge is 0.353 e. The normalized spacial score (nSPS) is 19.7. The Balaban J connectivity index is 1.66. The fourth-order valence-corrected chi connectivity index (χ4v) is 5.84. The van der Waals surface area contributed by atoms with Gasteiger partial charge in [0.1, 0.15) is 0 Å². The molecule has 6 nitrogen and oxygen atoms in total. The highest BCUT2D eigenvalue weighted by atomic mass is 32.2. The summed E-state index contributed by atoms with van der Waals surface area (Å²) in [6.45, 7) is 5.15. The molecule has 2 radical (unpaired) electrons. The van der Waals surface area contributed by atoms with E-state index in [-0.39, 0.29) is 22.8 Å². The first-order valence-electron chi connectivity index (χ1n) is 10.7. The lowest BCUT2D eigenvalue weighted by molar-refractivity contribution is 0.102. The van der Waals surface area contributed by atoms with Crippen molar-refractivity contribution in [2.24, 2.45) is 5.92 Å². The zero-order valence-electron chi connectivity index (χ0n) is 18.2. The van der Waals surface area contributed by atoms with E-state index in [2.05, 4.69) is 10.0 Å². The third-order valence-corrected chi connectivity index (χ3v) is 7.60. The Morgan fingerprint density at radius 3 is 2.44 bits per heavy atom. The standard InChI is InChI=1S/C24H26BN3O3S/c1-16-7-3-4-8-18(16)24(29)26-22-11-12-23(20-10-6-5-9-19(20)22)32(30,31)27-21-13-14-28(25)15-17(21)2/h3-12,17,21,27H,13-15H2,1-2H3,(H,26,29)/t17-,21-/m0/s1. The van der Waals surface area contributed by atoms with Crippen LogP contribution in [-0.4, -0.2) is 46.2 Å². The van der Waals surface area contributed by atoms with Gasteiger partial charge in [0, 0.05) is 28.1 Å². The van der Waals surface area contributed by atoms with Gasteiger partial charge < -0.3 is 10.1 Å². The number of anilines is 1. The minimum atomic E-state index is -3.76. The zero-order chi connectivity index (χ0) is 22.9. The second-order valence-corrected chi connectivity index (χ2v) is 10.1. The average Bonchev–Trinajstić information content (AvgIpc) is 2.76. The molecule has 164 valence electrons. The van der Waals surface area contributed by atoms with Gasteiger partial charge in [0.25, 0.3) is 5.91 Å². The fraction of sp³-hybridized carbons (Fsp3) is 0.292. The molecule has 1 aliphatic rings. The van der Waals surface area contributed by atoms with E-state index in [0.29, 0.717) is 41.5 Å². The first-order chi connectivity index (χ1) is 15.3. The van der Waals surface area contributed by atoms with E-state index in [1.54, 1.807) is 35.1 Å². The van der Waals surface area contributed by atoms with E-state index in [1.807, 2.05) is 44.2 Å². The molecule has 2 N–H and O–H groups in total. The third kappa shape index (κ3) is 4.58. The van der Waals surface area contributed by atoms with Gasteiger partial charge in [-0.05, 0) is 56.1 Å². The molecule has 0 aromatic heterocycles. The predicted molar refractivity (Wildman–Crippen MR) is 128 cm³/mol. The number of nitrogens with zero attached hydrogens (tertiary/aromatic N) is 1. The van der Waals surface area contributed by atoms with Crippen LogP contribution in [0.2, 0.25) is 0 Å². The number of rotatable bonds is 5. The van der Waals surface area contributed by atoms with Gasteiger partial charge in [-0.25, -0.2) is 13.1 Å². The molecule has 1 amide bonds. The summed E-state index contributed by atoms with van der Waals surface area (Å²) < 4.78 is 29.5. The Labute approximate surface area is 190 Å². The lowest BCUT2D eigenvalue weighted by Crippen LogP contribution is -2.49. The molecule has 0 aliphatic carbocycles. The van der Waals surface area contributed by atoms with Crippen molar-refractivity contribution in [1.29, 1.82) is 0 Å². The molecular formula is C24H26BN3O3S. The molecule has 0 spiro atoms. The monoisotopic (exact) mass is 447 g/mol. The van der Waals surface area contributed by atoms with Crippen LogP contribution in [0.3, 0.4) is 0 Å². The van der Waals surface area contributed by atoms with Crippen molar-refractivity contribution < 1.29 is 13.2 Å². The maximum atomic E-state index is 13.3. The molecule has 0 bridgehead atoms. The molecule has 3 aromatic rings. The van der Waals surface area contributed by atoms with Crippen molar-refractivity contribution in [2.45, 2.75) is 31.2 Å². The maximum Gasteiger partial charge on any atom is 0.255 e. The number of benzene rings is 3. The van der Waals surface area contributed by atoms with Crippen LogP contribution in [0.1, 0.15) is 29.3 Å². The second-order valence-electron chi connectivity index (χ2n) is 8.41. The second kappa shape index (κ2) is 9.06. The van der Waals surface area contributed by atoms with Gasteiger partial charge in [-0.15, -0.1) is 0 Å². The van der Waals surface area contributed by atoms with Crippen LogP contribution < -0.4 is 10.0 Å². The minimum absolute atomic E-state index is 0.0995. The smallest absolute Gasteiger partial charge is 0.255 e. The molecule has 1 fully saturated rings. The average molecular weight is 447 g/mol. The topological polar surface area (TPSA) is 78.5 Å². The lowest BCUT2D eigenvalue weighted by Gasteiger charge is -2.35. The summed E-state index contributed by atoms with van der Waals surface area (Å²) in [4.78, 5) is 14.7. The van der Waals surface area contributed by atoms with E-state index < -0.39 is 10.0 Å². The SMILES string of the molecule is [B]N1CC[C@H](NS(=O)(=O)c2ccc(NC(=O)c3ccccc3C)c3ccccc23)[C@@H](C)C1. The molecule has 0 saturated carbocycles. The molecule has 2 atom stereocenters. The van der Waals surface area contributed by atoms with E-state index in [0.717, 1.165) is 5.56 Å². The number of sulfonamides is 1. The summed E-state index contributed by atoms with van der Waals surface area (Å²) in [6, 6.07) is 17.6. The number of nitrogens with one attached hydrogen (secondary N) is 2. The van der Waals surface area contributed by atoms with Crippen LogP contribution in [-0.2, 0) is 10.0 Å². The zero-order valence-corrected chi connectivity index (χ0v) is 19.0. The van der Waals surface area contributed by atoms with Gasteiger partial charge >= 0.3 is 0 Å². The molecule has 1 saturated heterocycles. The number of carbonyl (C=O) groups is 1. The molecule has 1 aliphatic heterocycles. The van der Waals surface area contributed by atoms with E-state index in [9.17, 15) is 13.2 Å². The fourth-order valence-electron chi connectivity index (χ4n) is 4.25. The van der Waals surface area contributed by atoms with E-state index >= 15 is 0 Å². The molecular weight excluding hydrogens is 421 g/mol. The van der Waals surface area contributed by atoms with Crippen LogP contribution in [0.4, 0.5) is 5.69 Å². The molecule has 3 aromatic carbocycles. The van der Waals surface area contributed by atoms with Gasteiger partial charge in [-0.2, -0.15) is 0 Å². The van der Waals surface area contributed by atoms with Crippen LogP contribution in [0.15, 0.2) is 65.6 Å². The van der Waals surface area contributed by atoms with Crippen LogP contribution in [0.25, 0.3) is 10.8 Å². The van der Waals surface area contributed by atoms with Crippen molar-refractivity contribution in [2.75, 3.05) is 18.4 Å². The van der Waals surface area contributed by atoms with Crippen molar-refractivity contribution in [3.63, 3.8) is 0 Å². The van der Waals surface area contributed by atoms with Crippen LogP contribution >= 0.6 is 0 Å². The van der Waals surface area contributed by atoms with Gasteiger partial charge in [-0.3, -0.25) is 4.79 Å². The summed E-state index contributed by atoms with van der Waals surface area (Å²) in [5, 5.41) is 4.17. The molecule has 4 rings (SSSR count). The number of amides is 1. The maximum absolute atomic E-state index is 13.3. The highest BCUT2D eigenvalue weighted by molar-refractivity contribution is 7.89. The van der Waals surface area contributed by atoms with Crippen molar-refractivity contribution in [3.05, 3.63) is 71.8 Å².